The third-order valence-corrected chi connectivity index (χ3v) is 11.1. The zero-order chi connectivity index (χ0) is 38.7. The number of para-hydroxylation sites is 1. The number of imidazole rings is 1. The maximum absolute atomic E-state index is 11.5. The molecule has 0 unspecified atom stereocenters. The van der Waals surface area contributed by atoms with Crippen LogP contribution in [0.3, 0.4) is 0 Å². The lowest BCUT2D eigenvalue weighted by atomic mass is 9.83. The fourth-order valence-electron chi connectivity index (χ4n) is 7.87. The van der Waals surface area contributed by atoms with Crippen molar-refractivity contribution in [2.75, 3.05) is 0 Å². The molecule has 2 heterocycles. The molecule has 0 spiro atoms. The summed E-state index contributed by atoms with van der Waals surface area (Å²) < 4.78 is 2.31. The molecule has 0 fully saturated rings. The number of phenols is 1. The van der Waals surface area contributed by atoms with Gasteiger partial charge in [0.15, 0.2) is 0 Å². The number of rotatable bonds is 6. The topological polar surface area (TPSA) is 50.9 Å². The van der Waals surface area contributed by atoms with Gasteiger partial charge in [-0.25, -0.2) is 4.98 Å². The number of phenolic OH excluding ortho intramolecular Hbond substituents is 1. The van der Waals surface area contributed by atoms with E-state index in [0.717, 1.165) is 66.7 Å². The maximum atomic E-state index is 11.5. The molecule has 0 saturated heterocycles. The van der Waals surface area contributed by atoms with Gasteiger partial charge in [0.2, 0.25) is 0 Å². The molecule has 0 aliphatic rings. The minimum atomic E-state index is -0.496. The summed E-state index contributed by atoms with van der Waals surface area (Å²) in [6, 6.07) is 49.1. The molecule has 274 valence electrons. The summed E-state index contributed by atoms with van der Waals surface area (Å²) in [7, 11) is 0. The van der Waals surface area contributed by atoms with Crippen LogP contribution in [-0.2, 0) is 16.4 Å². The van der Waals surface area contributed by atoms with Crippen molar-refractivity contribution in [3.05, 3.63) is 162 Å². The summed E-state index contributed by atoms with van der Waals surface area (Å²) in [5.41, 5.74) is 13.1. The summed E-state index contributed by atoms with van der Waals surface area (Å²) in [6.45, 7) is 17.9. The average Bonchev–Trinajstić information content (AvgIpc) is 3.58. The molecule has 0 radical (unpaired) electrons. The molecule has 0 amide bonds. The van der Waals surface area contributed by atoms with E-state index in [-0.39, 0.29) is 16.6 Å². The van der Waals surface area contributed by atoms with Crippen LogP contribution in [0.2, 0.25) is 0 Å². The van der Waals surface area contributed by atoms with Gasteiger partial charge in [0.05, 0.1) is 27.7 Å². The van der Waals surface area contributed by atoms with Crippen molar-refractivity contribution in [3.63, 3.8) is 0 Å². The molecule has 8 rings (SSSR count). The number of aromatic hydroxyl groups is 1. The molecule has 0 saturated carbocycles. The van der Waals surface area contributed by atoms with Crippen LogP contribution < -0.4 is 0 Å². The van der Waals surface area contributed by atoms with E-state index in [2.05, 4.69) is 187 Å². The van der Waals surface area contributed by atoms with E-state index in [1.165, 1.54) is 16.7 Å². The molecule has 4 heteroatoms. The van der Waals surface area contributed by atoms with Gasteiger partial charge in [0.1, 0.15) is 11.6 Å². The smallest absolute Gasteiger partial charge is 0.145 e. The molecular weight excluding hydrogens is 671 g/mol. The first-order valence-corrected chi connectivity index (χ1v) is 19.2. The van der Waals surface area contributed by atoms with Crippen LogP contribution in [0.15, 0.2) is 146 Å². The van der Waals surface area contributed by atoms with Crippen molar-refractivity contribution in [2.45, 2.75) is 71.8 Å². The predicted molar refractivity (Wildman–Crippen MR) is 231 cm³/mol. The standard InChI is InChI=1S/C51H49N3O/c1-49(2,3)37-25-26-45(55)43(30-37)48-53-47-40(23-16-24-44(47)54(48)51(7,8)36-21-13-10-14-22-36)34-19-15-20-35(29-34)41-31-38(50(4,5)6)32-42-39(27-28-52-46(41)42)33-17-11-9-12-18-33/h9-32,55H,1-8H3. The fourth-order valence-corrected chi connectivity index (χ4v) is 7.87. The fraction of sp³-hybridized carbons (Fsp3) is 0.216. The monoisotopic (exact) mass is 719 g/mol. The summed E-state index contributed by atoms with van der Waals surface area (Å²) in [5.74, 6) is 0.947. The Hall–Kier alpha value is -6.00. The van der Waals surface area contributed by atoms with Gasteiger partial charge in [0.25, 0.3) is 0 Å². The van der Waals surface area contributed by atoms with E-state index < -0.39 is 5.54 Å². The van der Waals surface area contributed by atoms with E-state index in [9.17, 15) is 5.11 Å². The second-order valence-corrected chi connectivity index (χ2v) is 17.3. The van der Waals surface area contributed by atoms with Gasteiger partial charge < -0.3 is 9.67 Å². The van der Waals surface area contributed by atoms with Crippen LogP contribution in [0.4, 0.5) is 0 Å². The Morgan fingerprint density at radius 2 is 1.09 bits per heavy atom. The molecular formula is C51H49N3O. The lowest BCUT2D eigenvalue weighted by Crippen LogP contribution is -2.28. The van der Waals surface area contributed by atoms with Crippen molar-refractivity contribution in [3.8, 4) is 50.5 Å². The third kappa shape index (κ3) is 6.50. The molecule has 0 atom stereocenters. The van der Waals surface area contributed by atoms with E-state index in [1.54, 1.807) is 0 Å². The van der Waals surface area contributed by atoms with Gasteiger partial charge in [-0.05, 0) is 106 Å². The highest BCUT2D eigenvalue weighted by Crippen LogP contribution is 2.43. The van der Waals surface area contributed by atoms with Gasteiger partial charge in [-0.15, -0.1) is 0 Å². The van der Waals surface area contributed by atoms with Crippen LogP contribution in [0.1, 0.15) is 72.1 Å². The van der Waals surface area contributed by atoms with E-state index in [0.29, 0.717) is 0 Å². The van der Waals surface area contributed by atoms with E-state index in [1.807, 2.05) is 18.3 Å². The Morgan fingerprint density at radius 1 is 0.473 bits per heavy atom. The Balaban J connectivity index is 1.37. The van der Waals surface area contributed by atoms with Crippen molar-refractivity contribution in [2.24, 2.45) is 0 Å². The molecule has 2 aromatic heterocycles. The number of fused-ring (bicyclic) bond motifs is 2. The highest BCUT2D eigenvalue weighted by Gasteiger charge is 2.31. The lowest BCUT2D eigenvalue weighted by Gasteiger charge is -2.31. The van der Waals surface area contributed by atoms with Crippen molar-refractivity contribution in [1.29, 1.82) is 0 Å². The van der Waals surface area contributed by atoms with Gasteiger partial charge in [-0.3, -0.25) is 4.98 Å². The first-order valence-electron chi connectivity index (χ1n) is 19.2. The van der Waals surface area contributed by atoms with Crippen LogP contribution in [0.25, 0.3) is 66.7 Å². The molecule has 0 aliphatic heterocycles. The second kappa shape index (κ2) is 13.4. The Morgan fingerprint density at radius 3 is 1.78 bits per heavy atom. The number of nitrogens with zero attached hydrogens (tertiary/aromatic N) is 3. The minimum Gasteiger partial charge on any atom is -0.507 e. The normalized spacial score (nSPS) is 12.4. The molecule has 8 aromatic rings. The largest absolute Gasteiger partial charge is 0.507 e. The quantitative estimate of drug-likeness (QED) is 0.186. The summed E-state index contributed by atoms with van der Waals surface area (Å²) in [4.78, 5) is 10.5. The van der Waals surface area contributed by atoms with E-state index in [4.69, 9.17) is 9.97 Å². The maximum Gasteiger partial charge on any atom is 0.145 e. The van der Waals surface area contributed by atoms with E-state index >= 15 is 0 Å². The van der Waals surface area contributed by atoms with Crippen molar-refractivity contribution < 1.29 is 5.11 Å². The lowest BCUT2D eigenvalue weighted by molar-refractivity contribution is 0.448. The van der Waals surface area contributed by atoms with Crippen molar-refractivity contribution >= 4 is 21.9 Å². The Bertz CT molecular complexity index is 2690. The molecule has 0 bridgehead atoms. The van der Waals surface area contributed by atoms with Crippen LogP contribution >= 0.6 is 0 Å². The van der Waals surface area contributed by atoms with Crippen molar-refractivity contribution in [1.82, 2.24) is 14.5 Å². The SMILES string of the molecule is CC(C)(C)c1ccc(O)c(-c2nc3c(-c4cccc(-c5cc(C(C)(C)C)cc6c(-c7ccccc7)ccnc56)c4)cccc3n2C(C)(C)c2ccccc2)c1. The minimum absolute atomic E-state index is 0.0689. The number of pyridine rings is 1. The summed E-state index contributed by atoms with van der Waals surface area (Å²) >= 11 is 0. The first kappa shape index (κ1) is 36.0. The first-order chi connectivity index (χ1) is 26.2. The highest BCUT2D eigenvalue weighted by molar-refractivity contribution is 6.03. The van der Waals surface area contributed by atoms with Crippen LogP contribution in [0, 0.1) is 0 Å². The van der Waals surface area contributed by atoms with Gasteiger partial charge >= 0.3 is 0 Å². The van der Waals surface area contributed by atoms with Gasteiger partial charge in [0, 0.05) is 22.7 Å². The number of benzene rings is 6. The number of hydrogen-bond donors (Lipinski definition) is 1. The number of hydrogen-bond acceptors (Lipinski definition) is 3. The van der Waals surface area contributed by atoms with Crippen LogP contribution in [0.5, 0.6) is 5.75 Å². The Labute approximate surface area is 325 Å². The van der Waals surface area contributed by atoms with Gasteiger partial charge in [-0.2, -0.15) is 0 Å². The average molecular weight is 720 g/mol. The summed E-state index contributed by atoms with van der Waals surface area (Å²) in [6.07, 6.45) is 1.93. The predicted octanol–water partition coefficient (Wildman–Crippen LogP) is 13.3. The number of aromatic nitrogens is 3. The Kier molecular flexibility index (Phi) is 8.76. The zero-order valence-corrected chi connectivity index (χ0v) is 33.1. The molecule has 6 aromatic carbocycles. The van der Waals surface area contributed by atoms with Gasteiger partial charge in [-0.1, -0.05) is 139 Å². The molecule has 1 N–H and O–H groups in total. The summed E-state index contributed by atoms with van der Waals surface area (Å²) in [5, 5.41) is 12.6. The highest BCUT2D eigenvalue weighted by atomic mass is 16.3. The zero-order valence-electron chi connectivity index (χ0n) is 33.1. The van der Waals surface area contributed by atoms with Crippen LogP contribution in [-0.4, -0.2) is 19.6 Å². The third-order valence-electron chi connectivity index (χ3n) is 11.1. The second-order valence-electron chi connectivity index (χ2n) is 17.3. The molecule has 4 nitrogen and oxygen atoms in total. The molecule has 0 aliphatic carbocycles. The molecule has 55 heavy (non-hydrogen) atoms.